The molecule has 0 aliphatic heterocycles. The summed E-state index contributed by atoms with van der Waals surface area (Å²) in [6.07, 6.45) is -11.1. The molecule has 0 aromatic heterocycles. The molecule has 0 amide bonds. The van der Waals surface area contributed by atoms with E-state index in [4.69, 9.17) is 4.74 Å². The van der Waals surface area contributed by atoms with Crippen molar-refractivity contribution in [3.63, 3.8) is 0 Å². The number of alkyl halides is 21. The molecule has 0 bridgehead atoms. The second kappa shape index (κ2) is 14.3. The van der Waals surface area contributed by atoms with Gasteiger partial charge in [0.2, 0.25) is 5.83 Å². The van der Waals surface area contributed by atoms with Gasteiger partial charge >= 0.3 is 71.5 Å². The highest BCUT2D eigenvalue weighted by Gasteiger charge is 2.98. The Morgan fingerprint density at radius 2 is 0.962 bits per heavy atom. The van der Waals surface area contributed by atoms with Crippen molar-refractivity contribution < 1.29 is 120 Å². The van der Waals surface area contributed by atoms with E-state index < -0.39 is 102 Å². The van der Waals surface area contributed by atoms with Gasteiger partial charge in [-0.05, 0) is 12.5 Å². The van der Waals surface area contributed by atoms with Gasteiger partial charge in [-0.1, -0.05) is 36.9 Å². The van der Waals surface area contributed by atoms with E-state index in [2.05, 4.69) is 16.1 Å². The van der Waals surface area contributed by atoms with Gasteiger partial charge in [0, 0.05) is 5.57 Å². The van der Waals surface area contributed by atoms with Gasteiger partial charge in [0.25, 0.3) is 6.29 Å². The number of benzene rings is 1. The van der Waals surface area contributed by atoms with E-state index in [0.29, 0.717) is 0 Å². The number of carbonyl (C=O) groups excluding carboxylic acids is 1. The number of esters is 1. The van der Waals surface area contributed by atoms with Gasteiger partial charge in [-0.2, -0.15) is 101 Å². The molecule has 0 spiro atoms. The predicted octanol–water partition coefficient (Wildman–Crippen LogP) is 10.1. The Balaban J connectivity index is 3.68. The lowest BCUT2D eigenvalue weighted by Crippen LogP contribution is -2.76. The van der Waals surface area contributed by atoms with Crippen molar-refractivity contribution in [1.82, 2.24) is 0 Å². The van der Waals surface area contributed by atoms with Crippen LogP contribution in [0.15, 0.2) is 54.3 Å². The Morgan fingerprint density at radius 3 is 1.33 bits per heavy atom. The molecule has 1 rings (SSSR count). The number of rotatable bonds is 17. The van der Waals surface area contributed by atoms with Crippen molar-refractivity contribution in [2.75, 3.05) is 6.61 Å². The van der Waals surface area contributed by atoms with Crippen LogP contribution in [0.1, 0.15) is 12.5 Å². The van der Waals surface area contributed by atoms with Gasteiger partial charge in [0.15, 0.2) is 0 Å². The molecule has 1 aromatic rings. The van der Waals surface area contributed by atoms with E-state index in [1.165, 1.54) is 30.3 Å². The molecule has 52 heavy (non-hydrogen) atoms. The van der Waals surface area contributed by atoms with E-state index in [-0.39, 0.29) is 5.56 Å². The van der Waals surface area contributed by atoms with Crippen LogP contribution in [0, 0.1) is 0 Å². The van der Waals surface area contributed by atoms with Crippen molar-refractivity contribution in [3.8, 4) is 0 Å². The lowest BCUT2D eigenvalue weighted by Gasteiger charge is -2.44. The minimum Gasteiger partial charge on any atom is -0.426 e. The SMILES string of the molecule is C=C(C)C(=O)OC(COCc1ccccc1)OC(F)=C(F)C(F)(F)C(F)(F)C(F)(F)C(F)(F)C(F)(F)C(F)(F)C(F)(F)C(F)(F)C(F)(F)C(F)(F)F. The summed E-state index contributed by atoms with van der Waals surface area (Å²) in [5.74, 6) is -88.0. The zero-order valence-electron chi connectivity index (χ0n) is 24.4. The second-order valence-electron chi connectivity index (χ2n) is 9.99. The average molecular weight is 816 g/mol. The molecule has 1 unspecified atom stereocenters. The fraction of sp³-hybridized carbons (Fsp3) is 0.560. The van der Waals surface area contributed by atoms with Crippen LogP contribution in [0.4, 0.5) is 101 Å². The third-order valence-electron chi connectivity index (χ3n) is 6.15. The average Bonchev–Trinajstić information content (AvgIpc) is 2.99. The van der Waals surface area contributed by atoms with Crippen LogP contribution >= 0.6 is 0 Å². The summed E-state index contributed by atoms with van der Waals surface area (Å²) in [6.45, 7) is 1.71. The van der Waals surface area contributed by atoms with Gasteiger partial charge in [-0.15, -0.1) is 0 Å². The summed E-state index contributed by atoms with van der Waals surface area (Å²) in [4.78, 5) is 11.7. The Morgan fingerprint density at radius 1 is 0.596 bits per heavy atom. The monoisotopic (exact) mass is 816 g/mol. The Labute approximate surface area is 272 Å². The highest BCUT2D eigenvalue weighted by atomic mass is 19.4. The van der Waals surface area contributed by atoms with Crippen molar-refractivity contribution >= 4 is 5.97 Å². The molecule has 4 nitrogen and oxygen atoms in total. The Kier molecular flexibility index (Phi) is 12.7. The molecular formula is C25H15F23O4. The van der Waals surface area contributed by atoms with Gasteiger partial charge in [0.05, 0.1) is 6.61 Å². The maximum Gasteiger partial charge on any atom is 0.460 e. The first-order valence-electron chi connectivity index (χ1n) is 12.5. The molecular weight excluding hydrogens is 801 g/mol. The zero-order chi connectivity index (χ0) is 41.5. The molecule has 1 atom stereocenters. The van der Waals surface area contributed by atoms with Crippen LogP contribution in [-0.4, -0.2) is 78.3 Å². The number of halogens is 23. The van der Waals surface area contributed by atoms with Crippen molar-refractivity contribution in [3.05, 3.63) is 59.9 Å². The third-order valence-corrected chi connectivity index (χ3v) is 6.15. The minimum atomic E-state index is -9.48. The van der Waals surface area contributed by atoms with E-state index in [9.17, 15) is 106 Å². The molecule has 0 radical (unpaired) electrons. The van der Waals surface area contributed by atoms with Crippen LogP contribution in [0.25, 0.3) is 0 Å². The fourth-order valence-electron chi connectivity index (χ4n) is 3.15. The first-order valence-corrected chi connectivity index (χ1v) is 12.5. The first-order chi connectivity index (χ1) is 22.9. The topological polar surface area (TPSA) is 44.8 Å². The number of carbonyl (C=O) groups is 1. The van der Waals surface area contributed by atoms with Crippen LogP contribution in [0.3, 0.4) is 0 Å². The van der Waals surface area contributed by atoms with Crippen LogP contribution in [0.5, 0.6) is 0 Å². The molecule has 0 aliphatic carbocycles. The van der Waals surface area contributed by atoms with Crippen LogP contribution < -0.4 is 0 Å². The summed E-state index contributed by atoms with van der Waals surface area (Å²) in [5.41, 5.74) is -0.467. The van der Waals surface area contributed by atoms with E-state index in [0.717, 1.165) is 6.92 Å². The van der Waals surface area contributed by atoms with E-state index >= 15 is 0 Å². The number of ether oxygens (including phenoxy) is 3. The van der Waals surface area contributed by atoms with E-state index in [1.807, 2.05) is 0 Å². The zero-order valence-corrected chi connectivity index (χ0v) is 24.4. The molecule has 27 heteroatoms. The van der Waals surface area contributed by atoms with Gasteiger partial charge in [-0.25, -0.2) is 4.79 Å². The van der Waals surface area contributed by atoms with E-state index in [1.54, 1.807) is 0 Å². The predicted molar refractivity (Wildman–Crippen MR) is 122 cm³/mol. The third kappa shape index (κ3) is 7.41. The number of hydrogen-bond donors (Lipinski definition) is 0. The lowest BCUT2D eigenvalue weighted by molar-refractivity contribution is -0.473. The highest BCUT2D eigenvalue weighted by Crippen LogP contribution is 2.66. The fourth-order valence-corrected chi connectivity index (χ4v) is 3.15. The molecule has 0 fully saturated rings. The second-order valence-corrected chi connectivity index (χ2v) is 9.99. The van der Waals surface area contributed by atoms with Crippen LogP contribution in [0.2, 0.25) is 0 Å². The van der Waals surface area contributed by atoms with Crippen molar-refractivity contribution in [2.45, 2.75) is 79.3 Å². The molecule has 0 aliphatic rings. The molecule has 0 saturated carbocycles. The molecule has 0 N–H and O–H groups in total. The first kappa shape index (κ1) is 46.3. The quantitative estimate of drug-likeness (QED) is 0.0517. The number of hydrogen-bond acceptors (Lipinski definition) is 4. The normalized spacial score (nSPS) is 15.9. The Bertz CT molecular complexity index is 1470. The highest BCUT2D eigenvalue weighted by molar-refractivity contribution is 5.87. The molecule has 1 aromatic carbocycles. The Hall–Kier alpha value is -3.68. The summed E-state index contributed by atoms with van der Waals surface area (Å²) in [6, 6.07) is 2.82. The van der Waals surface area contributed by atoms with Crippen molar-refractivity contribution in [1.29, 1.82) is 0 Å². The van der Waals surface area contributed by atoms with Gasteiger partial charge in [-0.3, -0.25) is 0 Å². The van der Waals surface area contributed by atoms with Crippen molar-refractivity contribution in [2.24, 2.45) is 0 Å². The summed E-state index contributed by atoms with van der Waals surface area (Å²) in [5, 5.41) is 0. The smallest absolute Gasteiger partial charge is 0.426 e. The lowest BCUT2D eigenvalue weighted by atomic mass is 9.86. The largest absolute Gasteiger partial charge is 0.460 e. The van der Waals surface area contributed by atoms with Gasteiger partial charge in [0.1, 0.15) is 6.61 Å². The van der Waals surface area contributed by atoms with Gasteiger partial charge < -0.3 is 14.2 Å². The summed E-state index contributed by atoms with van der Waals surface area (Å²) < 4.78 is 325. The standard InChI is InChI=1S/C25H15F23O4/c1-10(2)15(49)52-12(9-50-8-11-6-4-3-5-7-11)51-14(27)13(26)16(28,29)17(30,31)18(32,33)19(34,35)20(36,37)21(38,39)22(40,41)23(42,43)24(44,45)25(46,47)48/h3-7,12H,1,8-9H2,2H3. The molecule has 0 saturated heterocycles. The minimum absolute atomic E-state index is 0.210. The van der Waals surface area contributed by atoms with Crippen LogP contribution in [-0.2, 0) is 25.6 Å². The molecule has 300 valence electrons. The maximum absolute atomic E-state index is 14.2. The molecule has 0 heterocycles. The maximum atomic E-state index is 14.2. The summed E-state index contributed by atoms with van der Waals surface area (Å²) >= 11 is 0. The summed E-state index contributed by atoms with van der Waals surface area (Å²) in [7, 11) is 0. The number of allylic oxidation sites excluding steroid dienone is 1.